The number of nitrogens with one attached hydrogen (secondary N) is 1. The standard InChI is InChI=1S/C17H23N5O2S/c1-9-10(2)20-22(5)16(23)13(9)15-19-11(3)14(25-15)17(24)21(4)12-6-7-18-8-12/h12,18H,6-8H2,1-5H3. The fourth-order valence-electron chi connectivity index (χ4n) is 3.10. The van der Waals surface area contributed by atoms with Gasteiger partial charge < -0.3 is 10.2 Å². The van der Waals surface area contributed by atoms with E-state index in [0.29, 0.717) is 21.1 Å². The van der Waals surface area contributed by atoms with E-state index in [2.05, 4.69) is 15.4 Å². The highest BCUT2D eigenvalue weighted by Gasteiger charge is 2.28. The molecule has 0 aliphatic carbocycles. The Bertz CT molecular complexity index is 880. The first-order valence-electron chi connectivity index (χ1n) is 8.31. The molecule has 0 saturated carbocycles. The molecule has 1 saturated heterocycles. The molecule has 2 aromatic rings. The number of hydrogen-bond donors (Lipinski definition) is 1. The maximum absolute atomic E-state index is 12.9. The van der Waals surface area contributed by atoms with E-state index in [9.17, 15) is 9.59 Å². The molecule has 3 heterocycles. The van der Waals surface area contributed by atoms with Gasteiger partial charge in [0.1, 0.15) is 9.88 Å². The third-order valence-corrected chi connectivity index (χ3v) is 6.00. The molecular formula is C17H23N5O2S. The lowest BCUT2D eigenvalue weighted by atomic mass is 10.1. The van der Waals surface area contributed by atoms with Gasteiger partial charge in [-0.15, -0.1) is 11.3 Å². The van der Waals surface area contributed by atoms with Crippen molar-refractivity contribution >= 4 is 17.2 Å². The van der Waals surface area contributed by atoms with E-state index >= 15 is 0 Å². The van der Waals surface area contributed by atoms with Crippen LogP contribution in [0.4, 0.5) is 0 Å². The molecule has 0 spiro atoms. The minimum Gasteiger partial charge on any atom is -0.337 e. The van der Waals surface area contributed by atoms with Crippen molar-refractivity contribution in [1.29, 1.82) is 0 Å². The lowest BCUT2D eigenvalue weighted by molar-refractivity contribution is 0.0747. The zero-order valence-electron chi connectivity index (χ0n) is 15.2. The summed E-state index contributed by atoms with van der Waals surface area (Å²) in [6.07, 6.45) is 0.955. The third kappa shape index (κ3) is 3.11. The van der Waals surface area contributed by atoms with Gasteiger partial charge in [-0.3, -0.25) is 9.59 Å². The Kier molecular flexibility index (Phi) is 4.75. The van der Waals surface area contributed by atoms with E-state index in [4.69, 9.17) is 0 Å². The topological polar surface area (TPSA) is 80.1 Å². The van der Waals surface area contributed by atoms with Gasteiger partial charge in [-0.2, -0.15) is 5.10 Å². The van der Waals surface area contributed by atoms with E-state index in [1.165, 1.54) is 16.0 Å². The number of carbonyl (C=O) groups excluding carboxylic acids is 1. The Morgan fingerprint density at radius 2 is 2.04 bits per heavy atom. The van der Waals surface area contributed by atoms with Crippen LogP contribution >= 0.6 is 11.3 Å². The molecule has 3 rings (SSSR count). The average Bonchev–Trinajstić information content (AvgIpc) is 3.22. The van der Waals surface area contributed by atoms with Crippen molar-refractivity contribution in [2.75, 3.05) is 20.1 Å². The molecule has 25 heavy (non-hydrogen) atoms. The zero-order valence-corrected chi connectivity index (χ0v) is 16.0. The molecule has 1 unspecified atom stereocenters. The van der Waals surface area contributed by atoms with Crippen LogP contribution in [-0.4, -0.2) is 51.8 Å². The van der Waals surface area contributed by atoms with Gasteiger partial charge in [0, 0.05) is 26.7 Å². The zero-order chi connectivity index (χ0) is 18.3. The minimum atomic E-state index is -0.191. The number of aryl methyl sites for hydroxylation is 3. The number of aromatic nitrogens is 3. The van der Waals surface area contributed by atoms with Gasteiger partial charge in [0.05, 0.1) is 17.0 Å². The van der Waals surface area contributed by atoms with E-state index in [1.807, 2.05) is 27.8 Å². The Hall–Kier alpha value is -2.06. The molecule has 0 radical (unpaired) electrons. The first kappa shape index (κ1) is 17.8. The summed E-state index contributed by atoms with van der Waals surface area (Å²) >= 11 is 1.29. The monoisotopic (exact) mass is 361 g/mol. The highest BCUT2D eigenvalue weighted by molar-refractivity contribution is 7.17. The Morgan fingerprint density at radius 1 is 1.32 bits per heavy atom. The van der Waals surface area contributed by atoms with Crippen LogP contribution < -0.4 is 10.9 Å². The van der Waals surface area contributed by atoms with Crippen molar-refractivity contribution in [3.63, 3.8) is 0 Å². The summed E-state index contributed by atoms with van der Waals surface area (Å²) in [4.78, 5) is 32.3. The molecule has 8 heteroatoms. The fraction of sp³-hybridized carbons (Fsp3) is 0.529. The quantitative estimate of drug-likeness (QED) is 0.890. The van der Waals surface area contributed by atoms with Gasteiger partial charge in [0.15, 0.2) is 0 Å². The molecule has 0 bridgehead atoms. The second-order valence-corrected chi connectivity index (χ2v) is 7.51. The van der Waals surface area contributed by atoms with Crippen LogP contribution in [0.3, 0.4) is 0 Å². The highest BCUT2D eigenvalue weighted by Crippen LogP contribution is 2.29. The van der Waals surface area contributed by atoms with Gasteiger partial charge in [-0.05, 0) is 39.3 Å². The van der Waals surface area contributed by atoms with Crippen LogP contribution in [0.2, 0.25) is 0 Å². The first-order valence-corrected chi connectivity index (χ1v) is 9.13. The second-order valence-electron chi connectivity index (χ2n) is 6.51. The lowest BCUT2D eigenvalue weighted by Crippen LogP contribution is -2.38. The molecule has 1 aliphatic heterocycles. The van der Waals surface area contributed by atoms with Gasteiger partial charge in [0.25, 0.3) is 11.5 Å². The molecular weight excluding hydrogens is 338 g/mol. The molecule has 1 amide bonds. The van der Waals surface area contributed by atoms with Crippen LogP contribution in [0.1, 0.15) is 33.0 Å². The molecule has 1 fully saturated rings. The van der Waals surface area contributed by atoms with Crippen molar-refractivity contribution in [1.82, 2.24) is 25.0 Å². The Balaban J connectivity index is 2.01. The maximum atomic E-state index is 12.9. The summed E-state index contributed by atoms with van der Waals surface area (Å²) in [5, 5.41) is 8.06. The summed E-state index contributed by atoms with van der Waals surface area (Å²) < 4.78 is 1.33. The summed E-state index contributed by atoms with van der Waals surface area (Å²) in [7, 11) is 3.46. The maximum Gasteiger partial charge on any atom is 0.277 e. The summed E-state index contributed by atoms with van der Waals surface area (Å²) in [5.41, 5.74) is 2.60. The normalized spacial score (nSPS) is 17.1. The van der Waals surface area contributed by atoms with Crippen LogP contribution in [0.25, 0.3) is 10.6 Å². The summed E-state index contributed by atoms with van der Waals surface area (Å²) in [6.45, 7) is 7.30. The molecule has 0 aromatic carbocycles. The van der Waals surface area contributed by atoms with E-state index < -0.39 is 0 Å². The number of likely N-dealkylation sites (N-methyl/N-ethyl adjacent to an activating group) is 1. The van der Waals surface area contributed by atoms with Crippen molar-refractivity contribution in [3.8, 4) is 10.6 Å². The van der Waals surface area contributed by atoms with E-state index in [0.717, 1.165) is 30.8 Å². The number of amides is 1. The van der Waals surface area contributed by atoms with Gasteiger partial charge >= 0.3 is 0 Å². The Morgan fingerprint density at radius 3 is 2.68 bits per heavy atom. The minimum absolute atomic E-state index is 0.0322. The summed E-state index contributed by atoms with van der Waals surface area (Å²) in [5.74, 6) is -0.0322. The van der Waals surface area contributed by atoms with Crippen molar-refractivity contribution < 1.29 is 4.79 Å². The summed E-state index contributed by atoms with van der Waals surface area (Å²) in [6, 6.07) is 0.204. The number of thiazole rings is 1. The van der Waals surface area contributed by atoms with Crippen LogP contribution in [-0.2, 0) is 7.05 Å². The van der Waals surface area contributed by atoms with Crippen LogP contribution in [0.15, 0.2) is 4.79 Å². The smallest absolute Gasteiger partial charge is 0.277 e. The van der Waals surface area contributed by atoms with Gasteiger partial charge in [-0.25, -0.2) is 9.67 Å². The van der Waals surface area contributed by atoms with Crippen molar-refractivity contribution in [2.24, 2.45) is 7.05 Å². The number of carbonyl (C=O) groups is 1. The molecule has 7 nitrogen and oxygen atoms in total. The highest BCUT2D eigenvalue weighted by atomic mass is 32.1. The lowest BCUT2D eigenvalue weighted by Gasteiger charge is -2.23. The second kappa shape index (κ2) is 6.68. The average molecular weight is 361 g/mol. The van der Waals surface area contributed by atoms with Crippen LogP contribution in [0, 0.1) is 20.8 Å². The predicted molar refractivity (Wildman–Crippen MR) is 98.2 cm³/mol. The van der Waals surface area contributed by atoms with E-state index in [-0.39, 0.29) is 17.5 Å². The third-order valence-electron chi connectivity index (χ3n) is 4.83. The molecule has 1 N–H and O–H groups in total. The molecule has 1 atom stereocenters. The SMILES string of the molecule is Cc1nc(-c2c(C)c(C)nn(C)c2=O)sc1C(=O)N(C)C1CCNC1. The largest absolute Gasteiger partial charge is 0.337 e. The number of rotatable bonds is 3. The van der Waals surface area contributed by atoms with Crippen molar-refractivity contribution in [3.05, 3.63) is 32.2 Å². The van der Waals surface area contributed by atoms with Gasteiger partial charge in [-0.1, -0.05) is 0 Å². The van der Waals surface area contributed by atoms with Gasteiger partial charge in [0.2, 0.25) is 0 Å². The molecule has 2 aromatic heterocycles. The number of hydrogen-bond acceptors (Lipinski definition) is 6. The fourth-order valence-corrected chi connectivity index (χ4v) is 4.24. The van der Waals surface area contributed by atoms with Crippen molar-refractivity contribution in [2.45, 2.75) is 33.2 Å². The first-order chi connectivity index (χ1) is 11.8. The van der Waals surface area contributed by atoms with Crippen LogP contribution in [0.5, 0.6) is 0 Å². The van der Waals surface area contributed by atoms with E-state index in [1.54, 1.807) is 11.9 Å². The molecule has 134 valence electrons. The predicted octanol–water partition coefficient (Wildman–Crippen LogP) is 1.26. The Labute approximate surface area is 150 Å². The molecule has 1 aliphatic rings. The number of nitrogens with zero attached hydrogens (tertiary/aromatic N) is 4.